The molecule has 0 bridgehead atoms. The van der Waals surface area contributed by atoms with Crippen LogP contribution >= 0.6 is 0 Å². The molecule has 1 aromatic rings. The van der Waals surface area contributed by atoms with Crippen LogP contribution in [0, 0.1) is 11.8 Å². The lowest BCUT2D eigenvalue weighted by Gasteiger charge is -2.12. The summed E-state index contributed by atoms with van der Waals surface area (Å²) in [5, 5.41) is 0. The van der Waals surface area contributed by atoms with E-state index in [-0.39, 0.29) is 12.0 Å². The van der Waals surface area contributed by atoms with Crippen LogP contribution in [0.4, 0.5) is 0 Å². The third-order valence-electron chi connectivity index (χ3n) is 4.00. The average molecular weight is 260 g/mol. The maximum atomic E-state index is 12.4. The van der Waals surface area contributed by atoms with Gasteiger partial charge in [-0.3, -0.25) is 4.79 Å². The number of benzene rings is 1. The van der Waals surface area contributed by atoms with Crippen molar-refractivity contribution in [3.63, 3.8) is 0 Å². The van der Waals surface area contributed by atoms with Gasteiger partial charge in [0, 0.05) is 11.5 Å². The SMILES string of the molecule is CCC1CCC(C(=O)c2ccc(OC(C)C)cc2)C1. The van der Waals surface area contributed by atoms with Gasteiger partial charge in [0.15, 0.2) is 5.78 Å². The van der Waals surface area contributed by atoms with Crippen LogP contribution in [-0.4, -0.2) is 11.9 Å². The number of ketones is 1. The Bertz CT molecular complexity index is 419. The molecule has 2 nitrogen and oxygen atoms in total. The second kappa shape index (κ2) is 6.23. The zero-order valence-electron chi connectivity index (χ0n) is 12.2. The van der Waals surface area contributed by atoms with Crippen LogP contribution < -0.4 is 4.74 Å². The van der Waals surface area contributed by atoms with E-state index in [2.05, 4.69) is 6.92 Å². The van der Waals surface area contributed by atoms with Crippen LogP contribution in [0.15, 0.2) is 24.3 Å². The van der Waals surface area contributed by atoms with Crippen molar-refractivity contribution in [2.75, 3.05) is 0 Å². The highest BCUT2D eigenvalue weighted by molar-refractivity contribution is 5.98. The maximum absolute atomic E-state index is 12.4. The Morgan fingerprint density at radius 2 is 1.95 bits per heavy atom. The van der Waals surface area contributed by atoms with Crippen molar-refractivity contribution < 1.29 is 9.53 Å². The van der Waals surface area contributed by atoms with Gasteiger partial charge in [-0.05, 0) is 63.3 Å². The van der Waals surface area contributed by atoms with E-state index in [9.17, 15) is 4.79 Å². The first kappa shape index (κ1) is 14.1. The van der Waals surface area contributed by atoms with Crippen molar-refractivity contribution in [3.8, 4) is 5.75 Å². The molecule has 0 radical (unpaired) electrons. The van der Waals surface area contributed by atoms with Gasteiger partial charge in [0.2, 0.25) is 0 Å². The summed E-state index contributed by atoms with van der Waals surface area (Å²) in [6.07, 6.45) is 4.70. The molecule has 0 aromatic heterocycles. The summed E-state index contributed by atoms with van der Waals surface area (Å²) < 4.78 is 5.60. The molecule has 0 heterocycles. The molecule has 0 spiro atoms. The molecule has 2 rings (SSSR count). The fourth-order valence-corrected chi connectivity index (χ4v) is 2.89. The molecule has 0 amide bonds. The van der Waals surface area contributed by atoms with Gasteiger partial charge in [0.1, 0.15) is 5.75 Å². The Morgan fingerprint density at radius 1 is 1.26 bits per heavy atom. The third-order valence-corrected chi connectivity index (χ3v) is 4.00. The van der Waals surface area contributed by atoms with Crippen molar-refractivity contribution in [1.29, 1.82) is 0 Å². The predicted molar refractivity (Wildman–Crippen MR) is 77.7 cm³/mol. The summed E-state index contributed by atoms with van der Waals surface area (Å²) in [7, 11) is 0. The molecule has 19 heavy (non-hydrogen) atoms. The van der Waals surface area contributed by atoms with E-state index in [1.807, 2.05) is 38.1 Å². The number of rotatable bonds is 5. The molecule has 2 atom stereocenters. The molecule has 1 saturated carbocycles. The van der Waals surface area contributed by atoms with E-state index in [4.69, 9.17) is 4.74 Å². The van der Waals surface area contributed by atoms with Crippen molar-refractivity contribution >= 4 is 5.78 Å². The van der Waals surface area contributed by atoms with Crippen molar-refractivity contribution in [2.45, 2.75) is 52.6 Å². The fourth-order valence-electron chi connectivity index (χ4n) is 2.89. The molecule has 1 fully saturated rings. The molecular weight excluding hydrogens is 236 g/mol. The Hall–Kier alpha value is -1.31. The lowest BCUT2D eigenvalue weighted by atomic mass is 9.94. The van der Waals surface area contributed by atoms with E-state index in [0.29, 0.717) is 5.78 Å². The van der Waals surface area contributed by atoms with Crippen LogP contribution in [0.1, 0.15) is 56.8 Å². The van der Waals surface area contributed by atoms with Gasteiger partial charge in [-0.2, -0.15) is 0 Å². The maximum Gasteiger partial charge on any atom is 0.165 e. The fraction of sp³-hybridized carbons (Fsp3) is 0.588. The minimum absolute atomic E-state index is 0.168. The number of hydrogen-bond acceptors (Lipinski definition) is 2. The van der Waals surface area contributed by atoms with Crippen molar-refractivity contribution in [2.24, 2.45) is 11.8 Å². The molecule has 0 N–H and O–H groups in total. The second-order valence-corrected chi connectivity index (χ2v) is 5.84. The van der Waals surface area contributed by atoms with Crippen LogP contribution in [-0.2, 0) is 0 Å². The van der Waals surface area contributed by atoms with Crippen LogP contribution in [0.25, 0.3) is 0 Å². The Morgan fingerprint density at radius 3 is 2.47 bits per heavy atom. The summed E-state index contributed by atoms with van der Waals surface area (Å²) in [6.45, 7) is 6.22. The summed E-state index contributed by atoms with van der Waals surface area (Å²) in [5.74, 6) is 2.13. The van der Waals surface area contributed by atoms with Gasteiger partial charge in [-0.25, -0.2) is 0 Å². The molecule has 1 aliphatic carbocycles. The average Bonchev–Trinajstić information content (AvgIpc) is 2.87. The van der Waals surface area contributed by atoms with Gasteiger partial charge in [0.25, 0.3) is 0 Å². The van der Waals surface area contributed by atoms with Crippen molar-refractivity contribution in [1.82, 2.24) is 0 Å². The summed E-state index contributed by atoms with van der Waals surface area (Å²) >= 11 is 0. The molecule has 2 unspecified atom stereocenters. The topological polar surface area (TPSA) is 26.3 Å². The largest absolute Gasteiger partial charge is 0.491 e. The third kappa shape index (κ3) is 3.59. The molecule has 0 aliphatic heterocycles. The van der Waals surface area contributed by atoms with Gasteiger partial charge in [0.05, 0.1) is 6.10 Å². The zero-order chi connectivity index (χ0) is 13.8. The standard InChI is InChI=1S/C17H24O2/c1-4-13-5-6-15(11-13)17(18)14-7-9-16(10-8-14)19-12(2)3/h7-10,12-13,15H,4-6,11H2,1-3H3. The molecule has 0 saturated heterocycles. The predicted octanol–water partition coefficient (Wildman–Crippen LogP) is 4.48. The quantitative estimate of drug-likeness (QED) is 0.729. The van der Waals surface area contributed by atoms with Gasteiger partial charge in [-0.1, -0.05) is 13.3 Å². The van der Waals surface area contributed by atoms with E-state index in [1.165, 1.54) is 12.8 Å². The normalized spacial score (nSPS) is 22.7. The van der Waals surface area contributed by atoms with Gasteiger partial charge in [-0.15, -0.1) is 0 Å². The Labute approximate surface area is 116 Å². The zero-order valence-corrected chi connectivity index (χ0v) is 12.2. The van der Waals surface area contributed by atoms with E-state index < -0.39 is 0 Å². The lowest BCUT2D eigenvalue weighted by Crippen LogP contribution is -2.12. The van der Waals surface area contributed by atoms with Gasteiger partial charge < -0.3 is 4.74 Å². The molecule has 1 aromatic carbocycles. The number of hydrogen-bond donors (Lipinski definition) is 0. The first-order valence-corrected chi connectivity index (χ1v) is 7.41. The van der Waals surface area contributed by atoms with E-state index >= 15 is 0 Å². The minimum Gasteiger partial charge on any atom is -0.491 e. The second-order valence-electron chi connectivity index (χ2n) is 5.84. The summed E-state index contributed by atoms with van der Waals surface area (Å²) in [5.41, 5.74) is 0.831. The highest BCUT2D eigenvalue weighted by Crippen LogP contribution is 2.35. The highest BCUT2D eigenvalue weighted by Gasteiger charge is 2.29. The smallest absolute Gasteiger partial charge is 0.165 e. The summed E-state index contributed by atoms with van der Waals surface area (Å²) in [6, 6.07) is 7.61. The first-order chi connectivity index (χ1) is 9.10. The lowest BCUT2D eigenvalue weighted by molar-refractivity contribution is 0.0920. The van der Waals surface area contributed by atoms with Gasteiger partial charge >= 0.3 is 0 Å². The first-order valence-electron chi connectivity index (χ1n) is 7.41. The monoisotopic (exact) mass is 260 g/mol. The number of Topliss-reactive ketones (excluding diaryl/α,β-unsaturated/α-hetero) is 1. The van der Waals surface area contributed by atoms with Crippen LogP contribution in [0.5, 0.6) is 5.75 Å². The van der Waals surface area contributed by atoms with Crippen LogP contribution in [0.2, 0.25) is 0 Å². The number of carbonyl (C=O) groups excluding carboxylic acids is 1. The summed E-state index contributed by atoms with van der Waals surface area (Å²) in [4.78, 5) is 12.4. The van der Waals surface area contributed by atoms with Crippen molar-refractivity contribution in [3.05, 3.63) is 29.8 Å². The molecule has 2 heteroatoms. The molecule has 104 valence electrons. The molecular formula is C17H24O2. The van der Waals surface area contributed by atoms with E-state index in [0.717, 1.165) is 30.1 Å². The number of ether oxygens (including phenoxy) is 1. The Balaban J connectivity index is 2.00. The van der Waals surface area contributed by atoms with E-state index in [1.54, 1.807) is 0 Å². The molecule has 1 aliphatic rings. The number of carbonyl (C=O) groups is 1. The Kier molecular flexibility index (Phi) is 4.62. The van der Waals surface area contributed by atoms with Crippen LogP contribution in [0.3, 0.4) is 0 Å². The minimum atomic E-state index is 0.168. The highest BCUT2D eigenvalue weighted by atomic mass is 16.5.